The fraction of sp³-hybridized carbons (Fsp3) is 0.538. The molecule has 0 amide bonds. The molecule has 0 radical (unpaired) electrons. The zero-order valence-electron chi connectivity index (χ0n) is 9.96. The molecule has 0 aliphatic carbocycles. The minimum absolute atomic E-state index is 0.206. The summed E-state index contributed by atoms with van der Waals surface area (Å²) in [6.07, 6.45) is 1.13. The average molecular weight is 239 g/mol. The monoisotopic (exact) mass is 238 g/mol. The zero-order valence-corrected chi connectivity index (χ0v) is 10.7. The van der Waals surface area contributed by atoms with Gasteiger partial charge in [0, 0.05) is 25.2 Å². The third kappa shape index (κ3) is 2.33. The standard InChI is InChI=1S/C13H19ClN2/c1-3-13(2)10-16(9-8-15-13)12-7-5-4-6-11(12)14/h4-7,15H,3,8-10H2,1-2H3. The molecule has 1 aromatic carbocycles. The summed E-state index contributed by atoms with van der Waals surface area (Å²) in [4.78, 5) is 2.38. The third-order valence-corrected chi connectivity index (χ3v) is 3.77. The van der Waals surface area contributed by atoms with Crippen LogP contribution >= 0.6 is 11.6 Å². The molecule has 0 aromatic heterocycles. The molecular formula is C13H19ClN2. The molecule has 1 unspecified atom stereocenters. The molecule has 1 atom stereocenters. The number of benzene rings is 1. The highest BCUT2D eigenvalue weighted by Crippen LogP contribution is 2.28. The highest BCUT2D eigenvalue weighted by atomic mass is 35.5. The third-order valence-electron chi connectivity index (χ3n) is 3.45. The van der Waals surface area contributed by atoms with Gasteiger partial charge in [-0.1, -0.05) is 30.7 Å². The summed E-state index contributed by atoms with van der Waals surface area (Å²) in [6, 6.07) is 8.09. The van der Waals surface area contributed by atoms with E-state index in [-0.39, 0.29) is 5.54 Å². The van der Waals surface area contributed by atoms with Crippen molar-refractivity contribution < 1.29 is 0 Å². The Morgan fingerprint density at radius 1 is 1.44 bits per heavy atom. The topological polar surface area (TPSA) is 15.3 Å². The van der Waals surface area contributed by atoms with Gasteiger partial charge in [0.15, 0.2) is 0 Å². The number of hydrogen-bond acceptors (Lipinski definition) is 2. The molecule has 0 bridgehead atoms. The van der Waals surface area contributed by atoms with Crippen molar-refractivity contribution in [2.24, 2.45) is 0 Å². The second-order valence-corrected chi connectivity index (χ2v) is 5.12. The van der Waals surface area contributed by atoms with Gasteiger partial charge in [0.25, 0.3) is 0 Å². The first-order valence-corrected chi connectivity index (χ1v) is 6.27. The van der Waals surface area contributed by atoms with Crippen molar-refractivity contribution in [3.63, 3.8) is 0 Å². The van der Waals surface area contributed by atoms with Crippen molar-refractivity contribution in [2.75, 3.05) is 24.5 Å². The van der Waals surface area contributed by atoms with Crippen molar-refractivity contribution in [2.45, 2.75) is 25.8 Å². The molecule has 0 saturated carbocycles. The number of nitrogens with one attached hydrogen (secondary N) is 1. The summed E-state index contributed by atoms with van der Waals surface area (Å²) in [6.45, 7) is 7.57. The Balaban J connectivity index is 2.19. The Labute approximate surface area is 103 Å². The van der Waals surface area contributed by atoms with Gasteiger partial charge in [0.1, 0.15) is 0 Å². The maximum absolute atomic E-state index is 6.23. The molecule has 88 valence electrons. The minimum atomic E-state index is 0.206. The lowest BCUT2D eigenvalue weighted by Gasteiger charge is -2.42. The molecule has 2 nitrogen and oxygen atoms in total. The van der Waals surface area contributed by atoms with E-state index in [4.69, 9.17) is 11.6 Å². The Morgan fingerprint density at radius 2 is 2.19 bits per heavy atom. The van der Waals surface area contributed by atoms with E-state index in [2.05, 4.69) is 30.1 Å². The van der Waals surface area contributed by atoms with E-state index in [0.717, 1.165) is 36.8 Å². The molecule has 1 fully saturated rings. The van der Waals surface area contributed by atoms with Crippen LogP contribution in [0, 0.1) is 0 Å². The number of halogens is 1. The Morgan fingerprint density at radius 3 is 2.88 bits per heavy atom. The lowest BCUT2D eigenvalue weighted by molar-refractivity contribution is 0.314. The van der Waals surface area contributed by atoms with Crippen LogP contribution in [-0.2, 0) is 0 Å². The molecule has 2 rings (SSSR count). The first-order valence-electron chi connectivity index (χ1n) is 5.89. The first kappa shape index (κ1) is 11.7. The first-order chi connectivity index (χ1) is 7.64. The zero-order chi connectivity index (χ0) is 11.6. The molecule has 3 heteroatoms. The van der Waals surface area contributed by atoms with E-state index < -0.39 is 0 Å². The predicted molar refractivity (Wildman–Crippen MR) is 70.4 cm³/mol. The van der Waals surface area contributed by atoms with E-state index in [1.807, 2.05) is 18.2 Å². The van der Waals surface area contributed by atoms with E-state index in [0.29, 0.717) is 0 Å². The number of anilines is 1. The van der Waals surface area contributed by atoms with Crippen LogP contribution in [-0.4, -0.2) is 25.2 Å². The van der Waals surface area contributed by atoms with Gasteiger partial charge in [0.05, 0.1) is 10.7 Å². The molecule has 0 spiro atoms. The largest absolute Gasteiger partial charge is 0.367 e. The minimum Gasteiger partial charge on any atom is -0.367 e. The molecule has 1 heterocycles. The lowest BCUT2D eigenvalue weighted by Crippen LogP contribution is -2.58. The van der Waals surface area contributed by atoms with Crippen LogP contribution in [0.4, 0.5) is 5.69 Å². The van der Waals surface area contributed by atoms with Crippen molar-refractivity contribution in [3.05, 3.63) is 29.3 Å². The molecule has 1 aliphatic heterocycles. The van der Waals surface area contributed by atoms with E-state index in [1.165, 1.54) is 0 Å². The molecule has 1 N–H and O–H groups in total. The van der Waals surface area contributed by atoms with Gasteiger partial charge in [-0.05, 0) is 25.5 Å². The summed E-state index contributed by atoms with van der Waals surface area (Å²) < 4.78 is 0. The molecular weight excluding hydrogens is 220 g/mol. The van der Waals surface area contributed by atoms with Crippen molar-refractivity contribution in [3.8, 4) is 0 Å². The predicted octanol–water partition coefficient (Wildman–Crippen LogP) is 2.92. The average Bonchev–Trinajstić information content (AvgIpc) is 2.30. The Kier molecular flexibility index (Phi) is 3.41. The Bertz CT molecular complexity index is 367. The van der Waals surface area contributed by atoms with E-state index >= 15 is 0 Å². The number of para-hydroxylation sites is 1. The summed E-state index contributed by atoms with van der Waals surface area (Å²) in [5.74, 6) is 0. The van der Waals surface area contributed by atoms with Crippen LogP contribution in [0.5, 0.6) is 0 Å². The van der Waals surface area contributed by atoms with Crippen LogP contribution in [0.3, 0.4) is 0 Å². The summed E-state index contributed by atoms with van der Waals surface area (Å²) in [7, 11) is 0. The summed E-state index contributed by atoms with van der Waals surface area (Å²) in [5, 5.41) is 4.43. The second-order valence-electron chi connectivity index (χ2n) is 4.71. The van der Waals surface area contributed by atoms with Gasteiger partial charge in [0.2, 0.25) is 0 Å². The maximum Gasteiger partial charge on any atom is 0.0639 e. The highest BCUT2D eigenvalue weighted by Gasteiger charge is 2.29. The van der Waals surface area contributed by atoms with Crippen LogP contribution in [0.15, 0.2) is 24.3 Å². The number of rotatable bonds is 2. The van der Waals surface area contributed by atoms with Crippen LogP contribution in [0.1, 0.15) is 20.3 Å². The Hall–Kier alpha value is -0.730. The van der Waals surface area contributed by atoms with Gasteiger partial charge in [-0.2, -0.15) is 0 Å². The van der Waals surface area contributed by atoms with Crippen LogP contribution < -0.4 is 10.2 Å². The SMILES string of the molecule is CCC1(C)CN(c2ccccc2Cl)CCN1. The molecule has 1 aliphatic rings. The van der Waals surface area contributed by atoms with E-state index in [9.17, 15) is 0 Å². The number of nitrogens with zero attached hydrogens (tertiary/aromatic N) is 1. The molecule has 1 aromatic rings. The van der Waals surface area contributed by atoms with Gasteiger partial charge in [-0.15, -0.1) is 0 Å². The summed E-state index contributed by atoms with van der Waals surface area (Å²) >= 11 is 6.23. The van der Waals surface area contributed by atoms with Gasteiger partial charge in [-0.3, -0.25) is 0 Å². The quantitative estimate of drug-likeness (QED) is 0.853. The molecule has 1 saturated heterocycles. The highest BCUT2D eigenvalue weighted by molar-refractivity contribution is 6.33. The fourth-order valence-corrected chi connectivity index (χ4v) is 2.45. The summed E-state index contributed by atoms with van der Waals surface area (Å²) in [5.41, 5.74) is 1.36. The smallest absolute Gasteiger partial charge is 0.0639 e. The van der Waals surface area contributed by atoms with Crippen molar-refractivity contribution in [1.82, 2.24) is 5.32 Å². The van der Waals surface area contributed by atoms with Crippen LogP contribution in [0.25, 0.3) is 0 Å². The normalized spacial score (nSPS) is 25.8. The fourth-order valence-electron chi connectivity index (χ4n) is 2.20. The van der Waals surface area contributed by atoms with Crippen LogP contribution in [0.2, 0.25) is 5.02 Å². The second kappa shape index (κ2) is 4.64. The lowest BCUT2D eigenvalue weighted by atomic mass is 9.95. The van der Waals surface area contributed by atoms with Gasteiger partial charge < -0.3 is 10.2 Å². The van der Waals surface area contributed by atoms with E-state index in [1.54, 1.807) is 0 Å². The number of hydrogen-bond donors (Lipinski definition) is 1. The van der Waals surface area contributed by atoms with Crippen molar-refractivity contribution >= 4 is 17.3 Å². The van der Waals surface area contributed by atoms with Crippen molar-refractivity contribution in [1.29, 1.82) is 0 Å². The van der Waals surface area contributed by atoms with Gasteiger partial charge in [-0.25, -0.2) is 0 Å². The molecule has 16 heavy (non-hydrogen) atoms. The van der Waals surface area contributed by atoms with Gasteiger partial charge >= 0.3 is 0 Å². The maximum atomic E-state index is 6.23. The number of piperazine rings is 1.